The largest absolute Gasteiger partial charge is 0.409 e. The summed E-state index contributed by atoms with van der Waals surface area (Å²) in [4.78, 5) is 12.2. The number of amidine groups is 1. The minimum Gasteiger partial charge on any atom is -0.409 e. The number of aliphatic hydroxyl groups is 1. The molecule has 0 heterocycles. The Morgan fingerprint density at radius 1 is 1.30 bits per heavy atom. The van der Waals surface area contributed by atoms with Gasteiger partial charge in [-0.2, -0.15) is 0 Å². The highest BCUT2D eigenvalue weighted by atomic mass is 16.4. The minimum absolute atomic E-state index is 0.0441. The van der Waals surface area contributed by atoms with E-state index in [1.165, 1.54) is 0 Å². The molecule has 1 amide bonds. The average molecular weight is 277 g/mol. The summed E-state index contributed by atoms with van der Waals surface area (Å²) >= 11 is 0. The van der Waals surface area contributed by atoms with Crippen molar-refractivity contribution in [2.75, 3.05) is 0 Å². The number of nitrogens with two attached hydrogens (primary N) is 1. The monoisotopic (exact) mass is 277 g/mol. The Labute approximate surface area is 117 Å². The standard InChI is InChI=1S/C14H19N3O3/c15-13(17-20)9-4-3-5-10(8-9)14(19)16-11-6-1-2-7-12(11)18/h3-5,8,11-12,18,20H,1-2,6-7H2,(H2,15,17)(H,16,19). The molecule has 2 atom stereocenters. The van der Waals surface area contributed by atoms with Crippen molar-refractivity contribution in [3.63, 3.8) is 0 Å². The molecule has 0 spiro atoms. The molecule has 1 fully saturated rings. The molecule has 0 aliphatic heterocycles. The molecule has 0 saturated heterocycles. The van der Waals surface area contributed by atoms with E-state index in [1.54, 1.807) is 24.3 Å². The lowest BCUT2D eigenvalue weighted by atomic mass is 9.92. The number of benzene rings is 1. The Hall–Kier alpha value is -2.08. The lowest BCUT2D eigenvalue weighted by Gasteiger charge is -2.28. The van der Waals surface area contributed by atoms with E-state index in [9.17, 15) is 9.90 Å². The first-order chi connectivity index (χ1) is 9.61. The Bertz CT molecular complexity index is 516. The number of nitrogens with one attached hydrogen (secondary N) is 1. The van der Waals surface area contributed by atoms with Crippen LogP contribution in [0.15, 0.2) is 29.4 Å². The molecule has 1 aromatic rings. The maximum atomic E-state index is 12.2. The van der Waals surface area contributed by atoms with Gasteiger partial charge in [-0.3, -0.25) is 4.79 Å². The van der Waals surface area contributed by atoms with E-state index >= 15 is 0 Å². The van der Waals surface area contributed by atoms with Gasteiger partial charge < -0.3 is 21.4 Å². The van der Waals surface area contributed by atoms with E-state index in [4.69, 9.17) is 10.9 Å². The lowest BCUT2D eigenvalue weighted by Crippen LogP contribution is -2.45. The zero-order valence-corrected chi connectivity index (χ0v) is 11.1. The summed E-state index contributed by atoms with van der Waals surface area (Å²) in [6, 6.07) is 6.32. The van der Waals surface area contributed by atoms with Crippen molar-refractivity contribution in [2.24, 2.45) is 10.9 Å². The van der Waals surface area contributed by atoms with Crippen LogP contribution in [0.3, 0.4) is 0 Å². The molecular formula is C14H19N3O3. The number of carbonyl (C=O) groups is 1. The number of hydrogen-bond donors (Lipinski definition) is 4. The molecule has 1 aliphatic rings. The van der Waals surface area contributed by atoms with Crippen LogP contribution >= 0.6 is 0 Å². The molecule has 1 aliphatic carbocycles. The van der Waals surface area contributed by atoms with Gasteiger partial charge >= 0.3 is 0 Å². The van der Waals surface area contributed by atoms with Gasteiger partial charge in [0.15, 0.2) is 5.84 Å². The van der Waals surface area contributed by atoms with Crippen LogP contribution < -0.4 is 11.1 Å². The number of aliphatic hydroxyl groups excluding tert-OH is 1. The van der Waals surface area contributed by atoms with Crippen molar-refractivity contribution in [3.05, 3.63) is 35.4 Å². The summed E-state index contributed by atoms with van der Waals surface area (Å²) in [5.41, 5.74) is 6.40. The molecule has 0 radical (unpaired) electrons. The molecule has 6 nitrogen and oxygen atoms in total. The van der Waals surface area contributed by atoms with Crippen molar-refractivity contribution in [1.29, 1.82) is 0 Å². The summed E-state index contributed by atoms with van der Waals surface area (Å²) in [7, 11) is 0. The highest BCUT2D eigenvalue weighted by molar-refractivity contribution is 6.01. The maximum absolute atomic E-state index is 12.2. The summed E-state index contributed by atoms with van der Waals surface area (Å²) in [6.45, 7) is 0. The Morgan fingerprint density at radius 2 is 2.00 bits per heavy atom. The fourth-order valence-electron chi connectivity index (χ4n) is 2.41. The normalized spacial score (nSPS) is 23.4. The molecule has 1 saturated carbocycles. The second-order valence-electron chi connectivity index (χ2n) is 5.00. The number of nitrogens with zero attached hydrogens (tertiary/aromatic N) is 1. The smallest absolute Gasteiger partial charge is 0.251 e. The van der Waals surface area contributed by atoms with Crippen LogP contribution in [0.1, 0.15) is 41.6 Å². The first kappa shape index (κ1) is 14.3. The van der Waals surface area contributed by atoms with Crippen LogP contribution in [0, 0.1) is 0 Å². The van der Waals surface area contributed by atoms with Gasteiger partial charge in [0.2, 0.25) is 0 Å². The van der Waals surface area contributed by atoms with Crippen molar-refractivity contribution in [3.8, 4) is 0 Å². The van der Waals surface area contributed by atoms with Crippen LogP contribution in [-0.2, 0) is 0 Å². The number of hydrogen-bond acceptors (Lipinski definition) is 4. The molecular weight excluding hydrogens is 258 g/mol. The molecule has 0 aromatic heterocycles. The molecule has 20 heavy (non-hydrogen) atoms. The fourth-order valence-corrected chi connectivity index (χ4v) is 2.41. The summed E-state index contributed by atoms with van der Waals surface area (Å²) in [5.74, 6) is -0.305. The lowest BCUT2D eigenvalue weighted by molar-refractivity contribution is 0.0717. The van der Waals surface area contributed by atoms with Crippen molar-refractivity contribution < 1.29 is 15.1 Å². The number of oxime groups is 1. The molecule has 108 valence electrons. The predicted octanol–water partition coefficient (Wildman–Crippen LogP) is 0.814. The second kappa shape index (κ2) is 6.38. The van der Waals surface area contributed by atoms with Gasteiger partial charge in [-0.15, -0.1) is 0 Å². The fraction of sp³-hybridized carbons (Fsp3) is 0.429. The molecule has 1 aromatic carbocycles. The Morgan fingerprint density at radius 3 is 2.70 bits per heavy atom. The van der Waals surface area contributed by atoms with Crippen molar-refractivity contribution in [2.45, 2.75) is 37.8 Å². The summed E-state index contributed by atoms with van der Waals surface area (Å²) in [6.07, 6.45) is 3.01. The maximum Gasteiger partial charge on any atom is 0.251 e. The van der Waals surface area contributed by atoms with Crippen LogP contribution in [0.5, 0.6) is 0 Å². The van der Waals surface area contributed by atoms with Crippen molar-refractivity contribution >= 4 is 11.7 Å². The zero-order valence-electron chi connectivity index (χ0n) is 11.1. The summed E-state index contributed by atoms with van der Waals surface area (Å²) in [5, 5.41) is 24.2. The summed E-state index contributed by atoms with van der Waals surface area (Å²) < 4.78 is 0. The van der Waals surface area contributed by atoms with E-state index < -0.39 is 6.10 Å². The predicted molar refractivity (Wildman–Crippen MR) is 74.7 cm³/mol. The van der Waals surface area contributed by atoms with Gasteiger partial charge in [0, 0.05) is 11.1 Å². The topological polar surface area (TPSA) is 108 Å². The molecule has 2 unspecified atom stereocenters. The quantitative estimate of drug-likeness (QED) is 0.284. The number of rotatable bonds is 3. The van der Waals surface area contributed by atoms with Crippen LogP contribution in [0.25, 0.3) is 0 Å². The van der Waals surface area contributed by atoms with Gasteiger partial charge in [-0.25, -0.2) is 0 Å². The van der Waals surface area contributed by atoms with E-state index in [-0.39, 0.29) is 17.8 Å². The van der Waals surface area contributed by atoms with Crippen LogP contribution in [0.2, 0.25) is 0 Å². The highest BCUT2D eigenvalue weighted by Crippen LogP contribution is 2.18. The molecule has 6 heteroatoms. The van der Waals surface area contributed by atoms with Gasteiger partial charge in [-0.1, -0.05) is 30.1 Å². The van der Waals surface area contributed by atoms with Gasteiger partial charge in [0.25, 0.3) is 5.91 Å². The average Bonchev–Trinajstić information content (AvgIpc) is 2.49. The van der Waals surface area contributed by atoms with Gasteiger partial charge in [0.1, 0.15) is 0 Å². The first-order valence-corrected chi connectivity index (χ1v) is 6.68. The number of carbonyl (C=O) groups excluding carboxylic acids is 1. The second-order valence-corrected chi connectivity index (χ2v) is 5.00. The van der Waals surface area contributed by atoms with Gasteiger partial charge in [0.05, 0.1) is 12.1 Å². The molecule has 5 N–H and O–H groups in total. The number of amides is 1. The molecule has 2 rings (SSSR count). The van der Waals surface area contributed by atoms with E-state index in [2.05, 4.69) is 10.5 Å². The van der Waals surface area contributed by atoms with Crippen LogP contribution in [0.4, 0.5) is 0 Å². The van der Waals surface area contributed by atoms with E-state index in [1.807, 2.05) is 0 Å². The SMILES string of the molecule is NC(=NO)c1cccc(C(=O)NC2CCCCC2O)c1. The van der Waals surface area contributed by atoms with E-state index in [0.29, 0.717) is 11.1 Å². The highest BCUT2D eigenvalue weighted by Gasteiger charge is 2.24. The molecule has 0 bridgehead atoms. The Balaban J connectivity index is 2.09. The minimum atomic E-state index is -0.486. The van der Waals surface area contributed by atoms with Gasteiger partial charge in [-0.05, 0) is 25.0 Å². The first-order valence-electron chi connectivity index (χ1n) is 6.68. The third kappa shape index (κ3) is 3.27. The van der Waals surface area contributed by atoms with E-state index in [0.717, 1.165) is 25.7 Å². The van der Waals surface area contributed by atoms with Crippen molar-refractivity contribution in [1.82, 2.24) is 5.32 Å². The zero-order chi connectivity index (χ0) is 14.5. The Kier molecular flexibility index (Phi) is 4.57. The third-order valence-electron chi connectivity index (χ3n) is 3.57. The van der Waals surface area contributed by atoms with Crippen LogP contribution in [-0.4, -0.2) is 34.2 Å². The third-order valence-corrected chi connectivity index (χ3v) is 3.57.